The van der Waals surface area contributed by atoms with Crippen LogP contribution in [0, 0.1) is 5.82 Å². The predicted octanol–water partition coefficient (Wildman–Crippen LogP) is 4.78. The minimum absolute atomic E-state index is 0.00385. The summed E-state index contributed by atoms with van der Waals surface area (Å²) in [5.41, 5.74) is -1.79. The summed E-state index contributed by atoms with van der Waals surface area (Å²) in [4.78, 5) is 15.4. The highest BCUT2D eigenvalue weighted by molar-refractivity contribution is 6.34. The minimum atomic E-state index is -4.69. The first-order valence-electron chi connectivity index (χ1n) is 7.97. The van der Waals surface area contributed by atoms with Crippen LogP contribution in [0.5, 0.6) is 5.75 Å². The first-order chi connectivity index (χ1) is 13.2. The number of hydrogen-bond donors (Lipinski definition) is 0. The van der Waals surface area contributed by atoms with Gasteiger partial charge in [0.2, 0.25) is 5.82 Å². The number of rotatable bonds is 4. The van der Waals surface area contributed by atoms with Crippen molar-refractivity contribution in [1.82, 2.24) is 9.55 Å². The van der Waals surface area contributed by atoms with Gasteiger partial charge in [0.05, 0.1) is 24.2 Å². The quantitative estimate of drug-likeness (QED) is 0.579. The number of para-hydroxylation sites is 1. The van der Waals surface area contributed by atoms with Crippen molar-refractivity contribution >= 4 is 11.6 Å². The summed E-state index contributed by atoms with van der Waals surface area (Å²) in [6, 6.07) is 10.1. The maximum Gasteiger partial charge on any atom is 0.417 e. The van der Waals surface area contributed by atoms with Crippen LogP contribution in [0.1, 0.15) is 11.1 Å². The lowest BCUT2D eigenvalue weighted by Gasteiger charge is -2.17. The lowest BCUT2D eigenvalue weighted by atomic mass is 10.1. The zero-order valence-corrected chi connectivity index (χ0v) is 15.2. The third-order valence-corrected chi connectivity index (χ3v) is 4.44. The van der Waals surface area contributed by atoms with E-state index < -0.39 is 28.1 Å². The Labute approximate surface area is 162 Å². The highest BCUT2D eigenvalue weighted by atomic mass is 35.5. The molecule has 0 atom stereocenters. The van der Waals surface area contributed by atoms with Crippen molar-refractivity contribution in [2.75, 3.05) is 7.11 Å². The number of ether oxygens (including phenoxy) is 1. The molecule has 0 spiro atoms. The molecule has 0 N–H and O–H groups in total. The van der Waals surface area contributed by atoms with Gasteiger partial charge in [-0.2, -0.15) is 22.5 Å². The molecule has 0 unspecified atom stereocenters. The molecule has 0 aliphatic carbocycles. The predicted molar refractivity (Wildman–Crippen MR) is 96.0 cm³/mol. The Morgan fingerprint density at radius 3 is 2.54 bits per heavy atom. The van der Waals surface area contributed by atoms with Crippen LogP contribution >= 0.6 is 11.6 Å². The van der Waals surface area contributed by atoms with Crippen molar-refractivity contribution in [2.45, 2.75) is 12.7 Å². The summed E-state index contributed by atoms with van der Waals surface area (Å²) in [6.45, 7) is -0.00385. The van der Waals surface area contributed by atoms with Gasteiger partial charge in [-0.15, -0.1) is 0 Å². The summed E-state index contributed by atoms with van der Waals surface area (Å²) < 4.78 is 59.9. The molecule has 3 rings (SSSR count). The van der Waals surface area contributed by atoms with Gasteiger partial charge < -0.3 is 9.30 Å². The average molecular weight is 413 g/mol. The molecule has 2 aromatic carbocycles. The van der Waals surface area contributed by atoms with E-state index in [1.807, 2.05) is 0 Å². The van der Waals surface area contributed by atoms with Crippen LogP contribution in [-0.4, -0.2) is 16.7 Å². The summed E-state index contributed by atoms with van der Waals surface area (Å²) >= 11 is 5.96. The molecule has 0 amide bonds. The zero-order chi connectivity index (χ0) is 20.5. The first-order valence-corrected chi connectivity index (χ1v) is 8.35. The number of alkyl halides is 3. The van der Waals surface area contributed by atoms with Gasteiger partial charge in [0, 0.05) is 17.3 Å². The average Bonchev–Trinajstić information content (AvgIpc) is 2.64. The van der Waals surface area contributed by atoms with Gasteiger partial charge in [-0.1, -0.05) is 35.9 Å². The Bertz CT molecular complexity index is 1080. The van der Waals surface area contributed by atoms with Gasteiger partial charge >= 0.3 is 11.7 Å². The molecule has 0 aliphatic heterocycles. The van der Waals surface area contributed by atoms with Crippen LogP contribution in [-0.2, 0) is 12.7 Å². The van der Waals surface area contributed by atoms with Crippen molar-refractivity contribution < 1.29 is 22.3 Å². The molecule has 0 fully saturated rings. The lowest BCUT2D eigenvalue weighted by Crippen LogP contribution is -2.19. The van der Waals surface area contributed by atoms with Crippen LogP contribution in [0.4, 0.5) is 17.6 Å². The molecule has 0 bridgehead atoms. The number of aromatic nitrogens is 2. The smallest absolute Gasteiger partial charge is 0.417 e. The Balaban J connectivity index is 2.20. The molecule has 4 nitrogen and oxygen atoms in total. The van der Waals surface area contributed by atoms with Crippen LogP contribution in [0.15, 0.2) is 53.5 Å². The normalized spacial score (nSPS) is 11.5. The van der Waals surface area contributed by atoms with Gasteiger partial charge in [0.1, 0.15) is 11.6 Å². The third kappa shape index (κ3) is 3.87. The van der Waals surface area contributed by atoms with E-state index in [-0.39, 0.29) is 17.9 Å². The van der Waals surface area contributed by atoms with Gasteiger partial charge in [-0.25, -0.2) is 0 Å². The topological polar surface area (TPSA) is 44.1 Å². The molecule has 146 valence electrons. The van der Waals surface area contributed by atoms with E-state index in [2.05, 4.69) is 4.98 Å². The van der Waals surface area contributed by atoms with Crippen molar-refractivity contribution in [3.8, 4) is 17.1 Å². The second kappa shape index (κ2) is 7.63. The second-order valence-electron chi connectivity index (χ2n) is 5.82. The number of benzene rings is 2. The molecule has 1 aromatic heterocycles. The molecule has 9 heteroatoms. The highest BCUT2D eigenvalue weighted by Crippen LogP contribution is 2.39. The van der Waals surface area contributed by atoms with Crippen LogP contribution in [0.2, 0.25) is 5.02 Å². The van der Waals surface area contributed by atoms with Crippen molar-refractivity contribution in [3.05, 3.63) is 81.0 Å². The fraction of sp³-hybridized carbons (Fsp3) is 0.158. The van der Waals surface area contributed by atoms with Crippen molar-refractivity contribution in [3.63, 3.8) is 0 Å². The van der Waals surface area contributed by atoms with E-state index in [9.17, 15) is 22.4 Å². The Hall–Kier alpha value is -2.87. The molecule has 1 heterocycles. The maximum atomic E-state index is 13.9. The molecule has 28 heavy (non-hydrogen) atoms. The van der Waals surface area contributed by atoms with Crippen LogP contribution in [0.3, 0.4) is 0 Å². The minimum Gasteiger partial charge on any atom is -0.496 e. The van der Waals surface area contributed by atoms with Gasteiger partial charge in [-0.3, -0.25) is 4.79 Å². The summed E-state index contributed by atoms with van der Waals surface area (Å²) in [7, 11) is 1.45. The summed E-state index contributed by atoms with van der Waals surface area (Å²) in [5.74, 6) is -0.835. The van der Waals surface area contributed by atoms with Crippen molar-refractivity contribution in [2.24, 2.45) is 0 Å². The van der Waals surface area contributed by atoms with E-state index in [0.717, 1.165) is 18.3 Å². The zero-order valence-electron chi connectivity index (χ0n) is 14.4. The highest BCUT2D eigenvalue weighted by Gasteiger charge is 2.34. The fourth-order valence-corrected chi connectivity index (χ4v) is 3.06. The number of halogens is 5. The third-order valence-electron chi connectivity index (χ3n) is 4.03. The van der Waals surface area contributed by atoms with E-state index >= 15 is 0 Å². The summed E-state index contributed by atoms with van der Waals surface area (Å²) in [6.07, 6.45) is -3.81. The first kappa shape index (κ1) is 19.9. The van der Waals surface area contributed by atoms with Gasteiger partial charge in [0.15, 0.2) is 0 Å². The maximum absolute atomic E-state index is 13.9. The Morgan fingerprint density at radius 1 is 1.14 bits per heavy atom. The standard InChI is InChI=1S/C19H13ClF4N2O2/c1-28-15-8-3-2-5-11(15)9-26-10-14(21)18(27)25-17(26)12-6-4-7-13(16(12)20)19(22,23)24/h2-8,10H,9H2,1H3. The monoisotopic (exact) mass is 412 g/mol. The largest absolute Gasteiger partial charge is 0.496 e. The van der Waals surface area contributed by atoms with E-state index in [1.165, 1.54) is 17.7 Å². The van der Waals surface area contributed by atoms with E-state index in [0.29, 0.717) is 11.3 Å². The Kier molecular flexibility index (Phi) is 5.42. The SMILES string of the molecule is COc1ccccc1Cn1cc(F)c(=O)nc1-c1cccc(C(F)(F)F)c1Cl. The molecule has 0 saturated carbocycles. The molecule has 3 aromatic rings. The van der Waals surface area contributed by atoms with E-state index in [4.69, 9.17) is 16.3 Å². The summed E-state index contributed by atoms with van der Waals surface area (Å²) in [5, 5.41) is -0.623. The van der Waals surface area contributed by atoms with Crippen LogP contribution in [0.25, 0.3) is 11.4 Å². The lowest BCUT2D eigenvalue weighted by molar-refractivity contribution is -0.137. The molecule has 0 radical (unpaired) electrons. The number of methoxy groups -OCH3 is 1. The van der Waals surface area contributed by atoms with Gasteiger partial charge in [-0.05, 0) is 18.2 Å². The van der Waals surface area contributed by atoms with Crippen molar-refractivity contribution in [1.29, 1.82) is 0 Å². The number of hydrogen-bond acceptors (Lipinski definition) is 3. The molecular weight excluding hydrogens is 400 g/mol. The molecule has 0 saturated heterocycles. The Morgan fingerprint density at radius 2 is 1.86 bits per heavy atom. The van der Waals surface area contributed by atoms with E-state index in [1.54, 1.807) is 24.3 Å². The fourth-order valence-electron chi connectivity index (χ4n) is 2.74. The van der Waals surface area contributed by atoms with Crippen LogP contribution < -0.4 is 10.3 Å². The second-order valence-corrected chi connectivity index (χ2v) is 6.20. The number of nitrogens with zero attached hydrogens (tertiary/aromatic N) is 2. The molecular formula is C19H13ClF4N2O2. The van der Waals surface area contributed by atoms with Gasteiger partial charge in [0.25, 0.3) is 0 Å². The molecule has 0 aliphatic rings.